The van der Waals surface area contributed by atoms with Crippen molar-refractivity contribution in [3.63, 3.8) is 0 Å². The van der Waals surface area contributed by atoms with Gasteiger partial charge in [0.25, 0.3) is 0 Å². The van der Waals surface area contributed by atoms with E-state index < -0.39 is 0 Å². The number of nitrogens with zero attached hydrogens (tertiary/aromatic N) is 1. The lowest BCUT2D eigenvalue weighted by Crippen LogP contribution is -2.43. The van der Waals surface area contributed by atoms with Gasteiger partial charge in [0.05, 0.1) is 24.9 Å². The third-order valence-corrected chi connectivity index (χ3v) is 5.30. The van der Waals surface area contributed by atoms with Crippen molar-refractivity contribution in [1.82, 2.24) is 10.5 Å². The van der Waals surface area contributed by atoms with Gasteiger partial charge in [-0.25, -0.2) is 4.79 Å². The molecule has 1 aromatic heterocycles. The summed E-state index contributed by atoms with van der Waals surface area (Å²) in [5, 5.41) is 10.0. The number of carbonyl (C=O) groups excluding carboxylic acids is 1. The average molecular weight is 355 g/mol. The molecule has 0 radical (unpaired) electrons. The van der Waals surface area contributed by atoms with E-state index in [0.29, 0.717) is 19.6 Å². The second-order valence-electron chi connectivity index (χ2n) is 7.29. The van der Waals surface area contributed by atoms with Crippen LogP contribution in [0.15, 0.2) is 28.8 Å². The normalized spacial score (nSPS) is 22.0. The molecule has 1 fully saturated rings. The molecule has 2 heterocycles. The molecule has 6 heteroatoms. The highest BCUT2D eigenvalue weighted by molar-refractivity contribution is 5.90. The van der Waals surface area contributed by atoms with E-state index in [9.17, 15) is 4.79 Å². The molecule has 0 saturated carbocycles. The van der Waals surface area contributed by atoms with Gasteiger partial charge in [0.15, 0.2) is 0 Å². The Balaban J connectivity index is 1.38. The largest absolute Gasteiger partial charge is 0.379 e. The summed E-state index contributed by atoms with van der Waals surface area (Å²) >= 11 is 0. The maximum atomic E-state index is 12.5. The van der Waals surface area contributed by atoms with Gasteiger partial charge in [-0.1, -0.05) is 17.3 Å². The number of fused-ring (bicyclic) bond motifs is 1. The van der Waals surface area contributed by atoms with E-state index in [1.54, 1.807) is 0 Å². The van der Waals surface area contributed by atoms with E-state index in [1.165, 1.54) is 24.0 Å². The van der Waals surface area contributed by atoms with Gasteiger partial charge in [0, 0.05) is 24.1 Å². The van der Waals surface area contributed by atoms with Crippen LogP contribution >= 0.6 is 0 Å². The van der Waals surface area contributed by atoms with E-state index in [-0.39, 0.29) is 18.0 Å². The third kappa shape index (κ3) is 3.75. The first-order chi connectivity index (χ1) is 12.7. The summed E-state index contributed by atoms with van der Waals surface area (Å²) < 4.78 is 10.9. The van der Waals surface area contributed by atoms with Crippen molar-refractivity contribution in [2.75, 3.05) is 18.5 Å². The summed E-state index contributed by atoms with van der Waals surface area (Å²) in [7, 11) is 0. The van der Waals surface area contributed by atoms with Gasteiger partial charge in [-0.2, -0.15) is 0 Å². The average Bonchev–Trinajstić information content (AvgIpc) is 3.24. The minimum absolute atomic E-state index is 0.0278. The number of hydrogen-bond acceptors (Lipinski definition) is 4. The van der Waals surface area contributed by atoms with Crippen LogP contribution in [-0.4, -0.2) is 30.4 Å². The van der Waals surface area contributed by atoms with Gasteiger partial charge in [0.1, 0.15) is 5.76 Å². The van der Waals surface area contributed by atoms with Crippen molar-refractivity contribution in [1.29, 1.82) is 0 Å². The Morgan fingerprint density at radius 3 is 3.00 bits per heavy atom. The highest BCUT2D eigenvalue weighted by Crippen LogP contribution is 2.28. The molecule has 0 unspecified atom stereocenters. The van der Waals surface area contributed by atoms with Crippen LogP contribution in [-0.2, 0) is 24.0 Å². The minimum Gasteiger partial charge on any atom is -0.379 e. The van der Waals surface area contributed by atoms with Crippen molar-refractivity contribution in [2.45, 2.75) is 45.1 Å². The maximum Gasteiger partial charge on any atom is 0.319 e. The molecule has 1 saturated heterocycles. The molecule has 26 heavy (non-hydrogen) atoms. The van der Waals surface area contributed by atoms with Crippen LogP contribution in [0.4, 0.5) is 10.5 Å². The Kier molecular flexibility index (Phi) is 4.93. The van der Waals surface area contributed by atoms with E-state index in [4.69, 9.17) is 9.26 Å². The number of hydrogen-bond donors (Lipinski definition) is 2. The van der Waals surface area contributed by atoms with Crippen LogP contribution in [0.2, 0.25) is 0 Å². The SMILES string of the molecule is Cc1cc(C[C@@H]2COC[C@@H]2NC(=O)Nc2cccc3c2CCCC3)on1. The first-order valence-corrected chi connectivity index (χ1v) is 9.37. The van der Waals surface area contributed by atoms with Crippen molar-refractivity contribution >= 4 is 11.7 Å². The summed E-state index contributed by atoms with van der Waals surface area (Å²) in [5.41, 5.74) is 4.44. The van der Waals surface area contributed by atoms with Gasteiger partial charge in [-0.15, -0.1) is 0 Å². The summed E-state index contributed by atoms with van der Waals surface area (Å²) in [6.07, 6.45) is 5.26. The van der Waals surface area contributed by atoms with Crippen LogP contribution in [0, 0.1) is 12.8 Å². The molecule has 2 atom stereocenters. The molecule has 0 bridgehead atoms. The van der Waals surface area contributed by atoms with Gasteiger partial charge >= 0.3 is 6.03 Å². The second-order valence-corrected chi connectivity index (χ2v) is 7.29. The molecule has 4 rings (SSSR count). The zero-order valence-corrected chi connectivity index (χ0v) is 15.1. The number of aromatic nitrogens is 1. The Hall–Kier alpha value is -2.34. The predicted molar refractivity (Wildman–Crippen MR) is 98.3 cm³/mol. The summed E-state index contributed by atoms with van der Waals surface area (Å²) in [4.78, 5) is 12.5. The number of benzene rings is 1. The Bertz CT molecular complexity index is 786. The lowest BCUT2D eigenvalue weighted by atomic mass is 9.90. The maximum absolute atomic E-state index is 12.5. The predicted octanol–water partition coefficient (Wildman–Crippen LogP) is 3.24. The number of carbonyl (C=O) groups is 1. The van der Waals surface area contributed by atoms with Gasteiger partial charge in [0.2, 0.25) is 0 Å². The topological polar surface area (TPSA) is 76.4 Å². The Labute approximate surface area is 153 Å². The zero-order chi connectivity index (χ0) is 17.9. The van der Waals surface area contributed by atoms with Crippen LogP contribution in [0.1, 0.15) is 35.4 Å². The molecule has 2 N–H and O–H groups in total. The number of aryl methyl sites for hydroxylation is 2. The smallest absolute Gasteiger partial charge is 0.319 e. The van der Waals surface area contributed by atoms with E-state index >= 15 is 0 Å². The summed E-state index contributed by atoms with van der Waals surface area (Å²) in [6.45, 7) is 3.05. The first kappa shape index (κ1) is 17.1. The van der Waals surface area contributed by atoms with Crippen LogP contribution in [0.25, 0.3) is 0 Å². The molecule has 2 aliphatic rings. The van der Waals surface area contributed by atoms with Crippen molar-refractivity contribution in [3.8, 4) is 0 Å². The van der Waals surface area contributed by atoms with E-state index in [1.807, 2.05) is 25.1 Å². The van der Waals surface area contributed by atoms with Crippen LogP contribution in [0.5, 0.6) is 0 Å². The number of rotatable bonds is 4. The standard InChI is InChI=1S/C20H25N3O3/c1-13-9-16(26-23-13)10-15-11-25-12-19(15)22-20(24)21-18-8-4-6-14-5-2-3-7-17(14)18/h4,6,8-9,15,19H,2-3,5,7,10-12H2,1H3,(H2,21,22,24)/t15-,19+/m1/s1. The molecule has 1 aromatic carbocycles. The molecule has 2 amide bonds. The molecule has 0 spiro atoms. The molecular weight excluding hydrogens is 330 g/mol. The van der Waals surface area contributed by atoms with Gasteiger partial charge in [-0.05, 0) is 49.8 Å². The van der Waals surface area contributed by atoms with Crippen molar-refractivity contribution in [3.05, 3.63) is 46.8 Å². The monoisotopic (exact) mass is 355 g/mol. The lowest BCUT2D eigenvalue weighted by Gasteiger charge is -2.22. The second kappa shape index (κ2) is 7.50. The van der Waals surface area contributed by atoms with Crippen molar-refractivity contribution in [2.24, 2.45) is 5.92 Å². The third-order valence-electron chi connectivity index (χ3n) is 5.30. The number of amides is 2. The first-order valence-electron chi connectivity index (χ1n) is 9.37. The quantitative estimate of drug-likeness (QED) is 0.883. The number of ether oxygens (including phenoxy) is 1. The lowest BCUT2D eigenvalue weighted by molar-refractivity contribution is 0.181. The zero-order valence-electron chi connectivity index (χ0n) is 15.1. The minimum atomic E-state index is -0.168. The highest BCUT2D eigenvalue weighted by Gasteiger charge is 2.31. The molecule has 1 aliphatic heterocycles. The highest BCUT2D eigenvalue weighted by atomic mass is 16.5. The molecule has 2 aromatic rings. The number of urea groups is 1. The molecule has 1 aliphatic carbocycles. The van der Waals surface area contributed by atoms with E-state index in [0.717, 1.165) is 30.0 Å². The molecular formula is C20H25N3O3. The molecule has 6 nitrogen and oxygen atoms in total. The van der Waals surface area contributed by atoms with Crippen LogP contribution < -0.4 is 10.6 Å². The number of anilines is 1. The fraction of sp³-hybridized carbons (Fsp3) is 0.500. The summed E-state index contributed by atoms with van der Waals surface area (Å²) in [5.74, 6) is 1.03. The Morgan fingerprint density at radius 1 is 1.27 bits per heavy atom. The van der Waals surface area contributed by atoms with Gasteiger partial charge in [-0.3, -0.25) is 0 Å². The van der Waals surface area contributed by atoms with Crippen LogP contribution in [0.3, 0.4) is 0 Å². The number of nitrogens with one attached hydrogen (secondary N) is 2. The van der Waals surface area contributed by atoms with Crippen molar-refractivity contribution < 1.29 is 14.1 Å². The fourth-order valence-electron chi connectivity index (χ4n) is 3.96. The summed E-state index contributed by atoms with van der Waals surface area (Å²) in [6, 6.07) is 7.92. The fourth-order valence-corrected chi connectivity index (χ4v) is 3.96. The van der Waals surface area contributed by atoms with E-state index in [2.05, 4.69) is 21.9 Å². The van der Waals surface area contributed by atoms with Gasteiger partial charge < -0.3 is 19.9 Å². The molecule has 138 valence electrons. The Morgan fingerprint density at radius 2 is 2.15 bits per heavy atom.